The van der Waals surface area contributed by atoms with Crippen LogP contribution in [0.1, 0.15) is 57.6 Å². The van der Waals surface area contributed by atoms with E-state index in [1.807, 2.05) is 13.8 Å². The molecule has 1 aromatic rings. The zero-order valence-corrected chi connectivity index (χ0v) is 16.6. The number of ether oxygens (including phenoxy) is 1. The summed E-state index contributed by atoms with van der Waals surface area (Å²) in [5.74, 6) is 0.165. The maximum absolute atomic E-state index is 11.8. The van der Waals surface area contributed by atoms with Crippen molar-refractivity contribution in [3.05, 3.63) is 35.4 Å². The van der Waals surface area contributed by atoms with Gasteiger partial charge in [0.2, 0.25) is 5.91 Å². The second-order valence-electron chi connectivity index (χ2n) is 8.31. The van der Waals surface area contributed by atoms with Crippen LogP contribution >= 0.6 is 0 Å². The SMILES string of the molecule is CCc1ccc(CN2CCC3(CC[C@H](CNC(=O)C(C)C)O3)CC2)cc1. The highest BCUT2D eigenvalue weighted by Crippen LogP contribution is 2.39. The molecule has 0 aliphatic carbocycles. The lowest BCUT2D eigenvalue weighted by atomic mass is 9.88. The third kappa shape index (κ3) is 4.86. The molecule has 2 heterocycles. The van der Waals surface area contributed by atoms with Crippen LogP contribution in [-0.4, -0.2) is 42.1 Å². The van der Waals surface area contributed by atoms with Gasteiger partial charge in [-0.2, -0.15) is 0 Å². The molecule has 0 radical (unpaired) electrons. The Morgan fingerprint density at radius 3 is 2.46 bits per heavy atom. The molecule has 26 heavy (non-hydrogen) atoms. The molecular weight excluding hydrogens is 324 g/mol. The lowest BCUT2D eigenvalue weighted by Gasteiger charge is -2.39. The first-order chi connectivity index (χ1) is 12.5. The fraction of sp³-hybridized carbons (Fsp3) is 0.682. The minimum Gasteiger partial charge on any atom is -0.370 e. The minimum atomic E-state index is 0.0417. The number of aryl methyl sites for hydroxylation is 1. The summed E-state index contributed by atoms with van der Waals surface area (Å²) in [7, 11) is 0. The highest BCUT2D eigenvalue weighted by molar-refractivity contribution is 5.77. The maximum Gasteiger partial charge on any atom is 0.222 e. The molecule has 144 valence electrons. The van der Waals surface area contributed by atoms with E-state index in [9.17, 15) is 4.79 Å². The quantitative estimate of drug-likeness (QED) is 0.846. The first-order valence-corrected chi connectivity index (χ1v) is 10.3. The molecule has 2 aliphatic rings. The molecule has 4 nitrogen and oxygen atoms in total. The number of piperidine rings is 1. The van der Waals surface area contributed by atoms with Crippen molar-refractivity contribution in [3.8, 4) is 0 Å². The largest absolute Gasteiger partial charge is 0.370 e. The van der Waals surface area contributed by atoms with Gasteiger partial charge in [0.1, 0.15) is 0 Å². The van der Waals surface area contributed by atoms with E-state index in [0.29, 0.717) is 6.54 Å². The van der Waals surface area contributed by atoms with Gasteiger partial charge in [-0.25, -0.2) is 0 Å². The highest BCUT2D eigenvalue weighted by Gasteiger charge is 2.42. The predicted octanol–water partition coefficient (Wildman–Crippen LogP) is 3.53. The number of rotatable bonds is 6. The van der Waals surface area contributed by atoms with E-state index in [1.54, 1.807) is 0 Å². The van der Waals surface area contributed by atoms with Crippen LogP contribution in [0, 0.1) is 5.92 Å². The molecule has 0 saturated carbocycles. The first-order valence-electron chi connectivity index (χ1n) is 10.3. The molecule has 1 aromatic carbocycles. The summed E-state index contributed by atoms with van der Waals surface area (Å²) < 4.78 is 6.41. The van der Waals surface area contributed by atoms with Crippen LogP contribution in [0.5, 0.6) is 0 Å². The average molecular weight is 359 g/mol. The van der Waals surface area contributed by atoms with Crippen LogP contribution in [0.4, 0.5) is 0 Å². The fourth-order valence-electron chi connectivity index (χ4n) is 4.08. The summed E-state index contributed by atoms with van der Waals surface area (Å²) >= 11 is 0. The molecule has 1 amide bonds. The van der Waals surface area contributed by atoms with Gasteiger partial charge in [-0.3, -0.25) is 9.69 Å². The van der Waals surface area contributed by atoms with Crippen LogP contribution in [0.25, 0.3) is 0 Å². The molecule has 3 rings (SSSR count). The summed E-state index contributed by atoms with van der Waals surface area (Å²) in [5, 5.41) is 3.02. The number of nitrogens with one attached hydrogen (secondary N) is 1. The van der Waals surface area contributed by atoms with Crippen LogP contribution in [0.15, 0.2) is 24.3 Å². The van der Waals surface area contributed by atoms with E-state index in [-0.39, 0.29) is 23.5 Å². The van der Waals surface area contributed by atoms with Crippen molar-refractivity contribution in [2.24, 2.45) is 5.92 Å². The van der Waals surface area contributed by atoms with E-state index in [0.717, 1.165) is 51.7 Å². The van der Waals surface area contributed by atoms with E-state index in [4.69, 9.17) is 4.74 Å². The van der Waals surface area contributed by atoms with Gasteiger partial charge < -0.3 is 10.1 Å². The normalized spacial score (nSPS) is 22.8. The highest BCUT2D eigenvalue weighted by atomic mass is 16.5. The van der Waals surface area contributed by atoms with E-state index in [1.165, 1.54) is 11.1 Å². The van der Waals surface area contributed by atoms with E-state index >= 15 is 0 Å². The predicted molar refractivity (Wildman–Crippen MR) is 105 cm³/mol. The monoisotopic (exact) mass is 358 g/mol. The van der Waals surface area contributed by atoms with Crippen molar-refractivity contribution in [2.75, 3.05) is 19.6 Å². The summed E-state index contributed by atoms with van der Waals surface area (Å²) in [6.07, 6.45) is 5.70. The Morgan fingerprint density at radius 1 is 1.19 bits per heavy atom. The van der Waals surface area contributed by atoms with Crippen molar-refractivity contribution in [2.45, 2.75) is 71.1 Å². The van der Waals surface area contributed by atoms with Gasteiger partial charge >= 0.3 is 0 Å². The standard InChI is InChI=1S/C22H34N2O2/c1-4-18-5-7-19(8-6-18)16-24-13-11-22(12-14-24)10-9-20(26-22)15-23-21(25)17(2)3/h5-8,17,20H,4,9-16H2,1-3H3,(H,23,25)/t20-/m1/s1. The van der Waals surface area contributed by atoms with E-state index < -0.39 is 0 Å². The first kappa shape index (κ1) is 19.4. The van der Waals surface area contributed by atoms with Crippen LogP contribution < -0.4 is 5.32 Å². The molecule has 0 unspecified atom stereocenters. The lowest BCUT2D eigenvalue weighted by molar-refractivity contribution is -0.125. The topological polar surface area (TPSA) is 41.6 Å². The number of benzene rings is 1. The van der Waals surface area contributed by atoms with Crippen molar-refractivity contribution in [3.63, 3.8) is 0 Å². The lowest BCUT2D eigenvalue weighted by Crippen LogP contribution is -2.45. The number of amides is 1. The molecule has 2 fully saturated rings. The summed E-state index contributed by atoms with van der Waals surface area (Å²) in [5.41, 5.74) is 2.86. The third-order valence-corrected chi connectivity index (χ3v) is 5.97. The van der Waals surface area contributed by atoms with Crippen LogP contribution in [-0.2, 0) is 22.5 Å². The molecular formula is C22H34N2O2. The van der Waals surface area contributed by atoms with Gasteiger partial charge in [-0.15, -0.1) is 0 Å². The summed E-state index contributed by atoms with van der Waals surface area (Å²) in [6, 6.07) is 9.03. The number of carbonyl (C=O) groups excluding carboxylic acids is 1. The Kier molecular flexibility index (Phi) is 6.36. The molecule has 1 atom stereocenters. The Bertz CT molecular complexity index is 589. The van der Waals surface area contributed by atoms with Crippen LogP contribution in [0.2, 0.25) is 0 Å². The fourth-order valence-corrected chi connectivity index (χ4v) is 4.08. The van der Waals surface area contributed by atoms with Gasteiger partial charge in [0.05, 0.1) is 11.7 Å². The van der Waals surface area contributed by atoms with Crippen molar-refractivity contribution < 1.29 is 9.53 Å². The number of hydrogen-bond acceptors (Lipinski definition) is 3. The van der Waals surface area contributed by atoms with Gasteiger partial charge in [-0.05, 0) is 43.2 Å². The van der Waals surface area contributed by atoms with Crippen molar-refractivity contribution in [1.29, 1.82) is 0 Å². The Balaban J connectivity index is 1.43. The Morgan fingerprint density at radius 2 is 1.85 bits per heavy atom. The maximum atomic E-state index is 11.8. The molecule has 2 aliphatic heterocycles. The molecule has 4 heteroatoms. The van der Waals surface area contributed by atoms with Gasteiger partial charge in [0.25, 0.3) is 0 Å². The number of hydrogen-bond donors (Lipinski definition) is 1. The zero-order valence-electron chi connectivity index (χ0n) is 16.6. The van der Waals surface area contributed by atoms with Gasteiger partial charge in [0.15, 0.2) is 0 Å². The van der Waals surface area contributed by atoms with Crippen molar-refractivity contribution >= 4 is 5.91 Å². The van der Waals surface area contributed by atoms with Gasteiger partial charge in [-0.1, -0.05) is 45.0 Å². The molecule has 0 aromatic heterocycles. The molecule has 2 saturated heterocycles. The Hall–Kier alpha value is -1.39. The number of nitrogens with zero attached hydrogens (tertiary/aromatic N) is 1. The van der Waals surface area contributed by atoms with Crippen molar-refractivity contribution in [1.82, 2.24) is 10.2 Å². The molecule has 0 bridgehead atoms. The van der Waals surface area contributed by atoms with Crippen LogP contribution in [0.3, 0.4) is 0 Å². The molecule has 1 spiro atoms. The summed E-state index contributed by atoms with van der Waals surface area (Å²) in [6.45, 7) is 9.94. The smallest absolute Gasteiger partial charge is 0.222 e. The average Bonchev–Trinajstić information content (AvgIpc) is 3.05. The van der Waals surface area contributed by atoms with E-state index in [2.05, 4.69) is 41.4 Å². The second kappa shape index (κ2) is 8.53. The third-order valence-electron chi connectivity index (χ3n) is 5.97. The minimum absolute atomic E-state index is 0.0417. The number of likely N-dealkylation sites (tertiary alicyclic amines) is 1. The Labute approximate surface area is 158 Å². The second-order valence-corrected chi connectivity index (χ2v) is 8.31. The van der Waals surface area contributed by atoms with Gasteiger partial charge in [0, 0.05) is 32.1 Å². The molecule has 1 N–H and O–H groups in total. The number of carbonyl (C=O) groups is 1. The zero-order chi connectivity index (χ0) is 18.6. The summed E-state index contributed by atoms with van der Waals surface area (Å²) in [4.78, 5) is 14.3.